The second-order valence-corrected chi connectivity index (χ2v) is 5.32. The summed E-state index contributed by atoms with van der Waals surface area (Å²) in [7, 11) is 0. The minimum atomic E-state index is -4.55. The van der Waals surface area contributed by atoms with Crippen LogP contribution in [-0.4, -0.2) is 44.6 Å². The van der Waals surface area contributed by atoms with Gasteiger partial charge >= 0.3 is 6.18 Å². The predicted octanol–water partition coefficient (Wildman–Crippen LogP) is 3.06. The Kier molecular flexibility index (Phi) is 5.04. The van der Waals surface area contributed by atoms with Crippen molar-refractivity contribution < 1.29 is 27.1 Å². The third kappa shape index (κ3) is 4.05. The molecule has 2 N–H and O–H groups in total. The zero-order chi connectivity index (χ0) is 17.4. The standard InChI is InChI=1S/C12H12ClF5N4O/c1-4(12(16,17)18)19-11-21-9(20-10(13)22-11)5-2-3-6(14)8(23)7(5)15/h4,6,8,23H,2-3H2,1H3,(H,19,20,21,22)/t4-,6?,8?/m1/s1. The summed E-state index contributed by atoms with van der Waals surface area (Å²) < 4.78 is 64.8. The van der Waals surface area contributed by atoms with Crippen molar-refractivity contribution in [1.29, 1.82) is 0 Å². The van der Waals surface area contributed by atoms with E-state index in [-0.39, 0.29) is 24.2 Å². The molecule has 1 aliphatic carbocycles. The minimum absolute atomic E-state index is 0.126. The fourth-order valence-electron chi connectivity index (χ4n) is 1.94. The van der Waals surface area contributed by atoms with Crippen molar-refractivity contribution in [2.75, 3.05) is 5.32 Å². The molecule has 1 aliphatic rings. The van der Waals surface area contributed by atoms with Gasteiger partial charge in [0.1, 0.15) is 24.1 Å². The van der Waals surface area contributed by atoms with Gasteiger partial charge in [0.2, 0.25) is 11.2 Å². The molecule has 1 aromatic rings. The molecule has 0 radical (unpaired) electrons. The first kappa shape index (κ1) is 17.8. The van der Waals surface area contributed by atoms with E-state index in [0.29, 0.717) is 0 Å². The maximum atomic E-state index is 13.9. The van der Waals surface area contributed by atoms with Crippen LogP contribution in [0.5, 0.6) is 0 Å². The lowest BCUT2D eigenvalue weighted by Gasteiger charge is -2.23. The Bertz CT molecular complexity index is 624. The van der Waals surface area contributed by atoms with Crippen molar-refractivity contribution in [2.45, 2.75) is 44.3 Å². The summed E-state index contributed by atoms with van der Waals surface area (Å²) in [6.45, 7) is 0.843. The Morgan fingerprint density at radius 1 is 1.30 bits per heavy atom. The van der Waals surface area contributed by atoms with Crippen molar-refractivity contribution in [1.82, 2.24) is 15.0 Å². The largest absolute Gasteiger partial charge is 0.408 e. The molecular weight excluding hydrogens is 347 g/mol. The summed E-state index contributed by atoms with van der Waals surface area (Å²) >= 11 is 5.61. The molecule has 128 valence electrons. The number of aliphatic hydroxyl groups excluding tert-OH is 1. The van der Waals surface area contributed by atoms with Crippen LogP contribution in [0.1, 0.15) is 25.6 Å². The van der Waals surface area contributed by atoms with Crippen LogP contribution in [0.15, 0.2) is 5.83 Å². The molecular formula is C12H12ClF5N4O. The first-order valence-electron chi connectivity index (χ1n) is 6.55. The van der Waals surface area contributed by atoms with Gasteiger partial charge in [0.15, 0.2) is 5.82 Å². The smallest absolute Gasteiger partial charge is 0.383 e. The van der Waals surface area contributed by atoms with Gasteiger partial charge in [-0.15, -0.1) is 0 Å². The molecule has 0 amide bonds. The van der Waals surface area contributed by atoms with E-state index in [1.165, 1.54) is 0 Å². The Hall–Kier alpha value is -1.55. The summed E-state index contributed by atoms with van der Waals surface area (Å²) in [5, 5.41) is 10.9. The number of aliphatic hydroxyl groups is 1. The molecule has 0 bridgehead atoms. The Morgan fingerprint density at radius 2 is 1.96 bits per heavy atom. The van der Waals surface area contributed by atoms with Crippen molar-refractivity contribution in [3.63, 3.8) is 0 Å². The number of halogens is 6. The molecule has 2 unspecified atom stereocenters. The molecule has 11 heteroatoms. The number of nitrogens with one attached hydrogen (secondary N) is 1. The fraction of sp³-hybridized carbons (Fsp3) is 0.583. The van der Waals surface area contributed by atoms with Crippen LogP contribution in [-0.2, 0) is 0 Å². The number of hydrogen-bond donors (Lipinski definition) is 2. The number of alkyl halides is 4. The monoisotopic (exact) mass is 358 g/mol. The summed E-state index contributed by atoms with van der Waals surface area (Å²) in [6.07, 6.45) is -8.57. The van der Waals surface area contributed by atoms with Gasteiger partial charge in [0, 0.05) is 5.57 Å². The van der Waals surface area contributed by atoms with Gasteiger partial charge in [-0.3, -0.25) is 0 Å². The number of hydrogen-bond acceptors (Lipinski definition) is 5. The molecule has 0 saturated heterocycles. The Morgan fingerprint density at radius 3 is 2.57 bits per heavy atom. The van der Waals surface area contributed by atoms with Crippen LogP contribution in [0, 0.1) is 0 Å². The molecule has 3 atom stereocenters. The molecule has 2 rings (SSSR count). The molecule has 0 aromatic carbocycles. The van der Waals surface area contributed by atoms with Gasteiger partial charge in [-0.05, 0) is 31.4 Å². The lowest BCUT2D eigenvalue weighted by molar-refractivity contribution is -0.138. The van der Waals surface area contributed by atoms with Gasteiger partial charge in [0.05, 0.1) is 0 Å². The van der Waals surface area contributed by atoms with E-state index in [4.69, 9.17) is 11.6 Å². The van der Waals surface area contributed by atoms with E-state index in [0.717, 1.165) is 6.92 Å². The second kappa shape index (κ2) is 6.52. The molecule has 0 spiro atoms. The summed E-state index contributed by atoms with van der Waals surface area (Å²) in [4.78, 5) is 10.8. The summed E-state index contributed by atoms with van der Waals surface area (Å²) in [6, 6.07) is -1.97. The molecule has 0 saturated carbocycles. The maximum Gasteiger partial charge on any atom is 0.408 e. The fourth-order valence-corrected chi connectivity index (χ4v) is 2.10. The highest BCUT2D eigenvalue weighted by Gasteiger charge is 2.37. The normalized spacial score (nSPS) is 23.8. The molecule has 1 aromatic heterocycles. The Labute approximate surface area is 132 Å². The van der Waals surface area contributed by atoms with Crippen molar-refractivity contribution in [2.24, 2.45) is 0 Å². The second-order valence-electron chi connectivity index (χ2n) is 4.99. The molecule has 0 aliphatic heterocycles. The zero-order valence-corrected chi connectivity index (χ0v) is 12.5. The third-order valence-corrected chi connectivity index (χ3v) is 3.44. The van der Waals surface area contributed by atoms with Gasteiger partial charge in [-0.2, -0.15) is 28.1 Å². The lowest BCUT2D eigenvalue weighted by Crippen LogP contribution is -2.34. The summed E-state index contributed by atoms with van der Waals surface area (Å²) in [5.41, 5.74) is -0.210. The maximum absolute atomic E-state index is 13.9. The number of anilines is 1. The Balaban J connectivity index is 2.35. The van der Waals surface area contributed by atoms with E-state index in [1.54, 1.807) is 0 Å². The molecule has 1 heterocycles. The number of rotatable bonds is 3. The first-order valence-corrected chi connectivity index (χ1v) is 6.93. The van der Waals surface area contributed by atoms with Gasteiger partial charge < -0.3 is 10.4 Å². The number of aromatic nitrogens is 3. The van der Waals surface area contributed by atoms with Gasteiger partial charge in [0.25, 0.3) is 0 Å². The SMILES string of the molecule is C[C@@H](Nc1nc(Cl)nc(C2=C(F)C(O)C(F)CC2)n1)C(F)(F)F. The molecule has 5 nitrogen and oxygen atoms in total. The highest BCUT2D eigenvalue weighted by Crippen LogP contribution is 2.34. The minimum Gasteiger partial charge on any atom is -0.383 e. The van der Waals surface area contributed by atoms with Gasteiger partial charge in [-0.1, -0.05) is 0 Å². The van der Waals surface area contributed by atoms with E-state index in [9.17, 15) is 27.1 Å². The number of nitrogens with zero attached hydrogens (tertiary/aromatic N) is 3. The van der Waals surface area contributed by atoms with E-state index >= 15 is 0 Å². The molecule has 0 fully saturated rings. The van der Waals surface area contributed by atoms with Crippen LogP contribution < -0.4 is 5.32 Å². The molecule has 23 heavy (non-hydrogen) atoms. The van der Waals surface area contributed by atoms with Crippen molar-refractivity contribution >= 4 is 23.1 Å². The average molecular weight is 359 g/mol. The highest BCUT2D eigenvalue weighted by molar-refractivity contribution is 6.28. The van der Waals surface area contributed by atoms with Crippen LogP contribution >= 0.6 is 11.6 Å². The average Bonchev–Trinajstić information content (AvgIpc) is 2.43. The van der Waals surface area contributed by atoms with Crippen LogP contribution in [0.4, 0.5) is 27.9 Å². The quantitative estimate of drug-likeness (QED) is 0.813. The predicted molar refractivity (Wildman–Crippen MR) is 72.1 cm³/mol. The highest BCUT2D eigenvalue weighted by atomic mass is 35.5. The van der Waals surface area contributed by atoms with E-state index in [1.807, 2.05) is 5.32 Å². The van der Waals surface area contributed by atoms with Crippen LogP contribution in [0.25, 0.3) is 5.57 Å². The van der Waals surface area contributed by atoms with Gasteiger partial charge in [-0.25, -0.2) is 8.78 Å². The van der Waals surface area contributed by atoms with Crippen molar-refractivity contribution in [3.05, 3.63) is 16.9 Å². The van der Waals surface area contributed by atoms with E-state index in [2.05, 4.69) is 15.0 Å². The topological polar surface area (TPSA) is 70.9 Å². The van der Waals surface area contributed by atoms with Crippen molar-refractivity contribution in [3.8, 4) is 0 Å². The third-order valence-electron chi connectivity index (χ3n) is 3.28. The lowest BCUT2D eigenvalue weighted by atomic mass is 9.94. The first-order chi connectivity index (χ1) is 10.6. The zero-order valence-electron chi connectivity index (χ0n) is 11.7. The van der Waals surface area contributed by atoms with E-state index < -0.39 is 41.6 Å². The van der Waals surface area contributed by atoms with Crippen LogP contribution in [0.2, 0.25) is 5.28 Å². The van der Waals surface area contributed by atoms with Crippen LogP contribution in [0.3, 0.4) is 0 Å². The number of allylic oxidation sites excluding steroid dienone is 1. The summed E-state index contributed by atoms with van der Waals surface area (Å²) in [5.74, 6) is -2.01.